The Kier molecular flexibility index (Phi) is 5.90. The summed E-state index contributed by atoms with van der Waals surface area (Å²) in [5, 5.41) is 13.9. The Balaban J connectivity index is 2.97. The molecule has 1 rings (SSSR count). The molecular weight excluding hydrogens is 330 g/mol. The third kappa shape index (κ3) is 4.17. The number of nitrogens with zero attached hydrogens (tertiary/aromatic N) is 1. The zero-order valence-electron chi connectivity index (χ0n) is 11.2. The fraction of sp³-hybridized carbons (Fsp3) is 0.417. The number of primary amides is 1. The zero-order chi connectivity index (χ0) is 15.3. The SMILES string of the molecule is CCNC(COc1c(C)cc(Br)cc1[N+](=O)[O-])C(N)=O. The number of benzene rings is 1. The third-order valence-corrected chi connectivity index (χ3v) is 3.06. The first-order chi connectivity index (χ1) is 9.36. The average molecular weight is 346 g/mol. The molecule has 0 aromatic heterocycles. The van der Waals surface area contributed by atoms with Crippen molar-refractivity contribution in [1.29, 1.82) is 0 Å². The van der Waals surface area contributed by atoms with E-state index in [4.69, 9.17) is 10.5 Å². The van der Waals surface area contributed by atoms with E-state index in [2.05, 4.69) is 21.2 Å². The highest BCUT2D eigenvalue weighted by atomic mass is 79.9. The highest BCUT2D eigenvalue weighted by Crippen LogP contribution is 2.34. The number of nitro benzene ring substituents is 1. The number of amides is 1. The van der Waals surface area contributed by atoms with Crippen molar-refractivity contribution < 1.29 is 14.5 Å². The molecule has 7 nitrogen and oxygen atoms in total. The number of likely N-dealkylation sites (N-methyl/N-ethyl adjacent to an activating group) is 1. The highest BCUT2D eigenvalue weighted by Gasteiger charge is 2.22. The molecule has 0 fully saturated rings. The summed E-state index contributed by atoms with van der Waals surface area (Å²) in [5.41, 5.74) is 5.67. The van der Waals surface area contributed by atoms with Crippen LogP contribution in [-0.4, -0.2) is 30.0 Å². The van der Waals surface area contributed by atoms with E-state index < -0.39 is 16.9 Å². The van der Waals surface area contributed by atoms with Gasteiger partial charge in [0.25, 0.3) is 0 Å². The number of aryl methyl sites for hydroxylation is 1. The van der Waals surface area contributed by atoms with Gasteiger partial charge < -0.3 is 15.8 Å². The number of hydrogen-bond donors (Lipinski definition) is 2. The van der Waals surface area contributed by atoms with Crippen molar-refractivity contribution in [2.24, 2.45) is 5.73 Å². The molecule has 0 saturated carbocycles. The van der Waals surface area contributed by atoms with Gasteiger partial charge in [0.1, 0.15) is 12.6 Å². The molecule has 0 radical (unpaired) electrons. The number of nitrogens with two attached hydrogens (primary N) is 1. The van der Waals surface area contributed by atoms with E-state index in [1.807, 2.05) is 6.92 Å². The van der Waals surface area contributed by atoms with E-state index in [-0.39, 0.29) is 18.0 Å². The second kappa shape index (κ2) is 7.20. The summed E-state index contributed by atoms with van der Waals surface area (Å²) >= 11 is 3.20. The first-order valence-corrected chi connectivity index (χ1v) is 6.76. The standard InChI is InChI=1S/C12H16BrN3O4/c1-3-15-9(12(14)17)6-20-11-7(2)4-8(13)5-10(11)16(18)19/h4-5,9,15H,3,6H2,1-2H3,(H2,14,17). The Morgan fingerprint density at radius 3 is 2.75 bits per heavy atom. The summed E-state index contributed by atoms with van der Waals surface area (Å²) < 4.78 is 6.02. The van der Waals surface area contributed by atoms with Crippen molar-refractivity contribution in [2.75, 3.05) is 13.2 Å². The molecule has 0 aliphatic rings. The van der Waals surface area contributed by atoms with E-state index in [1.54, 1.807) is 13.0 Å². The number of ether oxygens (including phenoxy) is 1. The molecule has 0 aliphatic heterocycles. The molecule has 20 heavy (non-hydrogen) atoms. The van der Waals surface area contributed by atoms with Gasteiger partial charge in [-0.2, -0.15) is 0 Å². The minimum absolute atomic E-state index is 0.0630. The molecule has 0 spiro atoms. The van der Waals surface area contributed by atoms with Crippen LogP contribution in [0.1, 0.15) is 12.5 Å². The van der Waals surface area contributed by atoms with E-state index in [1.165, 1.54) is 6.07 Å². The Hall–Kier alpha value is -1.67. The lowest BCUT2D eigenvalue weighted by Gasteiger charge is -2.16. The first-order valence-electron chi connectivity index (χ1n) is 5.96. The van der Waals surface area contributed by atoms with Crippen molar-refractivity contribution >= 4 is 27.5 Å². The fourth-order valence-electron chi connectivity index (χ4n) is 1.69. The van der Waals surface area contributed by atoms with E-state index in [0.717, 1.165) is 0 Å². The average Bonchev–Trinajstić information content (AvgIpc) is 2.34. The van der Waals surface area contributed by atoms with Crippen LogP contribution in [0.3, 0.4) is 0 Å². The van der Waals surface area contributed by atoms with Gasteiger partial charge in [-0.15, -0.1) is 0 Å². The van der Waals surface area contributed by atoms with Crippen molar-refractivity contribution in [3.05, 3.63) is 32.3 Å². The van der Waals surface area contributed by atoms with Crippen molar-refractivity contribution in [2.45, 2.75) is 19.9 Å². The summed E-state index contributed by atoms with van der Waals surface area (Å²) in [4.78, 5) is 21.7. The molecule has 3 N–H and O–H groups in total. The van der Waals surface area contributed by atoms with Gasteiger partial charge >= 0.3 is 5.69 Å². The molecule has 8 heteroatoms. The van der Waals surface area contributed by atoms with Gasteiger partial charge in [0.2, 0.25) is 5.91 Å². The second-order valence-electron chi connectivity index (χ2n) is 4.15. The normalized spacial score (nSPS) is 11.9. The minimum Gasteiger partial charge on any atom is -0.484 e. The van der Waals surface area contributed by atoms with Crippen LogP contribution < -0.4 is 15.8 Å². The van der Waals surface area contributed by atoms with Crippen molar-refractivity contribution in [3.63, 3.8) is 0 Å². The molecular formula is C12H16BrN3O4. The molecule has 0 heterocycles. The lowest BCUT2D eigenvalue weighted by Crippen LogP contribution is -2.45. The zero-order valence-corrected chi connectivity index (χ0v) is 12.8. The second-order valence-corrected chi connectivity index (χ2v) is 5.07. The summed E-state index contributed by atoms with van der Waals surface area (Å²) in [6, 6.07) is 2.37. The van der Waals surface area contributed by atoms with E-state index >= 15 is 0 Å². The van der Waals surface area contributed by atoms with Crippen LogP contribution >= 0.6 is 15.9 Å². The number of carbonyl (C=O) groups is 1. The monoisotopic (exact) mass is 345 g/mol. The number of carbonyl (C=O) groups excluding carboxylic acids is 1. The molecule has 0 saturated heterocycles. The Labute approximate surface area is 124 Å². The summed E-state index contributed by atoms with van der Waals surface area (Å²) in [6.45, 7) is 3.99. The lowest BCUT2D eigenvalue weighted by molar-refractivity contribution is -0.386. The summed E-state index contributed by atoms with van der Waals surface area (Å²) in [7, 11) is 0. The topological polar surface area (TPSA) is 107 Å². The van der Waals surface area contributed by atoms with Gasteiger partial charge in [-0.3, -0.25) is 14.9 Å². The van der Waals surface area contributed by atoms with Crippen LogP contribution in [-0.2, 0) is 4.79 Å². The predicted octanol–water partition coefficient (Wildman–Crippen LogP) is 1.51. The van der Waals surface area contributed by atoms with E-state index in [9.17, 15) is 14.9 Å². The molecule has 1 aromatic carbocycles. The van der Waals surface area contributed by atoms with Gasteiger partial charge in [-0.05, 0) is 25.1 Å². The first kappa shape index (κ1) is 16.4. The van der Waals surface area contributed by atoms with Crippen LogP contribution in [0.15, 0.2) is 16.6 Å². The summed E-state index contributed by atoms with van der Waals surface area (Å²) in [6.07, 6.45) is 0. The van der Waals surface area contributed by atoms with Gasteiger partial charge in [0, 0.05) is 10.5 Å². The maximum absolute atomic E-state index is 11.2. The van der Waals surface area contributed by atoms with Gasteiger partial charge in [0.15, 0.2) is 5.75 Å². The van der Waals surface area contributed by atoms with E-state index in [0.29, 0.717) is 16.6 Å². The Morgan fingerprint density at radius 2 is 2.25 bits per heavy atom. The van der Waals surface area contributed by atoms with Crippen LogP contribution in [0.4, 0.5) is 5.69 Å². The molecule has 1 aromatic rings. The van der Waals surface area contributed by atoms with Crippen LogP contribution in [0.5, 0.6) is 5.75 Å². The van der Waals surface area contributed by atoms with Gasteiger partial charge in [-0.1, -0.05) is 22.9 Å². The molecule has 1 unspecified atom stereocenters. The Morgan fingerprint density at radius 1 is 1.60 bits per heavy atom. The van der Waals surface area contributed by atoms with Crippen LogP contribution in [0.25, 0.3) is 0 Å². The quantitative estimate of drug-likeness (QED) is 0.575. The Bertz CT molecular complexity index is 522. The highest BCUT2D eigenvalue weighted by molar-refractivity contribution is 9.10. The van der Waals surface area contributed by atoms with Gasteiger partial charge in [-0.25, -0.2) is 0 Å². The fourth-order valence-corrected chi connectivity index (χ4v) is 2.25. The number of nitrogens with one attached hydrogen (secondary N) is 1. The number of hydrogen-bond acceptors (Lipinski definition) is 5. The molecule has 0 bridgehead atoms. The van der Waals surface area contributed by atoms with Gasteiger partial charge in [0.05, 0.1) is 4.92 Å². The smallest absolute Gasteiger partial charge is 0.312 e. The number of nitro groups is 1. The predicted molar refractivity (Wildman–Crippen MR) is 77.7 cm³/mol. The minimum atomic E-state index is -0.692. The van der Waals surface area contributed by atoms with Crippen molar-refractivity contribution in [3.8, 4) is 5.75 Å². The molecule has 1 atom stereocenters. The summed E-state index contributed by atoms with van der Waals surface area (Å²) in [5.74, 6) is -0.424. The molecule has 1 amide bonds. The molecule has 110 valence electrons. The third-order valence-electron chi connectivity index (χ3n) is 2.60. The van der Waals surface area contributed by atoms with Crippen LogP contribution in [0, 0.1) is 17.0 Å². The number of halogens is 1. The molecule has 0 aliphatic carbocycles. The van der Waals surface area contributed by atoms with Crippen molar-refractivity contribution in [1.82, 2.24) is 5.32 Å². The number of rotatable bonds is 7. The largest absolute Gasteiger partial charge is 0.484 e. The van der Waals surface area contributed by atoms with Crippen LogP contribution in [0.2, 0.25) is 0 Å². The maximum atomic E-state index is 11.2. The lowest BCUT2D eigenvalue weighted by atomic mass is 10.2. The maximum Gasteiger partial charge on any atom is 0.312 e.